The lowest BCUT2D eigenvalue weighted by molar-refractivity contribution is 0.269. The third kappa shape index (κ3) is 6.75. The van der Waals surface area contributed by atoms with Crippen LogP contribution in [0.1, 0.15) is 50.9 Å². The van der Waals surface area contributed by atoms with Gasteiger partial charge in [-0.2, -0.15) is 0 Å². The summed E-state index contributed by atoms with van der Waals surface area (Å²) in [5, 5.41) is 9.25. The second-order valence-corrected chi connectivity index (χ2v) is 8.53. The Kier molecular flexibility index (Phi) is 9.19. The molecule has 3 aromatic rings. The van der Waals surface area contributed by atoms with Crippen molar-refractivity contribution in [2.45, 2.75) is 52.5 Å². The molecule has 0 saturated heterocycles. The van der Waals surface area contributed by atoms with Gasteiger partial charge in [-0.1, -0.05) is 38.1 Å². The van der Waals surface area contributed by atoms with Gasteiger partial charge in [-0.25, -0.2) is 0 Å². The molecule has 6 heteroatoms. The van der Waals surface area contributed by atoms with E-state index in [-0.39, 0.29) is 5.96 Å². The lowest BCUT2D eigenvalue weighted by Crippen LogP contribution is -2.36. The van der Waals surface area contributed by atoms with E-state index in [9.17, 15) is 0 Å². The minimum atomic E-state index is -0.0410. The van der Waals surface area contributed by atoms with Crippen LogP contribution in [0, 0.1) is 5.41 Å². The van der Waals surface area contributed by atoms with Crippen LogP contribution in [0.3, 0.4) is 0 Å². The van der Waals surface area contributed by atoms with Crippen LogP contribution in [-0.2, 0) is 13.0 Å². The maximum absolute atomic E-state index is 8.21. The van der Waals surface area contributed by atoms with Crippen LogP contribution in [0.2, 0.25) is 0 Å². The van der Waals surface area contributed by atoms with Crippen LogP contribution in [0.4, 0.5) is 5.69 Å². The first kappa shape index (κ1) is 24.6. The number of unbranched alkanes of at least 4 members (excludes halogenated alkanes) is 1. The molecule has 0 aliphatic carbocycles. The molecule has 0 atom stereocenters. The average Bonchev–Trinajstić information content (AvgIpc) is 3.23. The van der Waals surface area contributed by atoms with Gasteiger partial charge in [-0.3, -0.25) is 5.41 Å². The number of hydrogen-bond acceptors (Lipinski definition) is 4. The minimum Gasteiger partial charge on any atom is -0.495 e. The summed E-state index contributed by atoms with van der Waals surface area (Å²) in [6, 6.07) is 16.1. The first-order valence-electron chi connectivity index (χ1n) is 12.0. The molecule has 1 aromatic heterocycles. The van der Waals surface area contributed by atoms with Crippen molar-refractivity contribution in [3.63, 3.8) is 0 Å². The quantitative estimate of drug-likeness (QED) is 0.196. The number of nitrogens with zero attached hydrogens (tertiary/aromatic N) is 2. The number of methoxy groups -OCH3 is 1. The molecule has 0 radical (unpaired) electrons. The summed E-state index contributed by atoms with van der Waals surface area (Å²) < 4.78 is 11.6. The molecular weight excluding hydrogens is 412 g/mol. The van der Waals surface area contributed by atoms with Crippen LogP contribution in [0.25, 0.3) is 11.0 Å². The number of nitrogens with one attached hydrogen (secondary N) is 1. The fraction of sp³-hybridized carbons (Fsp3) is 0.444. The Labute approximate surface area is 197 Å². The third-order valence-corrected chi connectivity index (χ3v) is 5.88. The van der Waals surface area contributed by atoms with Crippen molar-refractivity contribution in [3.8, 4) is 5.75 Å². The molecular formula is C27H38N4O2. The largest absolute Gasteiger partial charge is 0.495 e. The van der Waals surface area contributed by atoms with Crippen LogP contribution in [0.15, 0.2) is 52.9 Å². The van der Waals surface area contributed by atoms with Gasteiger partial charge in [0.15, 0.2) is 5.96 Å². The zero-order valence-electron chi connectivity index (χ0n) is 20.3. The van der Waals surface area contributed by atoms with Gasteiger partial charge in [0.1, 0.15) is 17.1 Å². The molecule has 0 aliphatic rings. The van der Waals surface area contributed by atoms with Crippen molar-refractivity contribution in [3.05, 3.63) is 59.9 Å². The number of anilines is 1. The van der Waals surface area contributed by atoms with Gasteiger partial charge in [-0.15, -0.1) is 0 Å². The lowest BCUT2D eigenvalue weighted by atomic mass is 10.1. The maximum atomic E-state index is 8.21. The number of hydrogen-bond donors (Lipinski definition) is 2. The first-order chi connectivity index (χ1) is 16.0. The van der Waals surface area contributed by atoms with E-state index in [4.69, 9.17) is 20.3 Å². The fourth-order valence-corrected chi connectivity index (χ4v) is 4.31. The molecule has 0 saturated carbocycles. The summed E-state index contributed by atoms with van der Waals surface area (Å²) in [4.78, 5) is 4.30. The topological polar surface area (TPSA) is 78.7 Å². The summed E-state index contributed by atoms with van der Waals surface area (Å²) >= 11 is 0. The predicted octanol–water partition coefficient (Wildman–Crippen LogP) is 5.79. The first-order valence-corrected chi connectivity index (χ1v) is 12.0. The zero-order chi connectivity index (χ0) is 23.6. The monoisotopic (exact) mass is 450 g/mol. The number of para-hydroxylation sites is 1. The van der Waals surface area contributed by atoms with E-state index in [0.29, 0.717) is 12.3 Å². The average molecular weight is 451 g/mol. The minimum absolute atomic E-state index is 0.0410. The van der Waals surface area contributed by atoms with Crippen molar-refractivity contribution in [1.29, 1.82) is 5.41 Å². The second-order valence-electron chi connectivity index (χ2n) is 8.53. The van der Waals surface area contributed by atoms with Crippen LogP contribution < -0.4 is 15.4 Å². The van der Waals surface area contributed by atoms with Gasteiger partial charge in [0.25, 0.3) is 0 Å². The molecule has 0 fully saturated rings. The van der Waals surface area contributed by atoms with Crippen molar-refractivity contribution in [2.75, 3.05) is 31.6 Å². The fourth-order valence-electron chi connectivity index (χ4n) is 4.31. The summed E-state index contributed by atoms with van der Waals surface area (Å²) in [6.07, 6.45) is 5.69. The van der Waals surface area contributed by atoms with Gasteiger partial charge >= 0.3 is 0 Å². The molecule has 3 rings (SSSR count). The molecule has 0 unspecified atom stereocenters. The number of ether oxygens (including phenoxy) is 1. The van der Waals surface area contributed by atoms with Crippen molar-refractivity contribution >= 4 is 22.6 Å². The van der Waals surface area contributed by atoms with Crippen LogP contribution >= 0.6 is 0 Å². The van der Waals surface area contributed by atoms with Crippen LogP contribution in [-0.4, -0.2) is 37.6 Å². The highest BCUT2D eigenvalue weighted by Gasteiger charge is 2.18. The normalized spacial score (nSPS) is 11.3. The van der Waals surface area contributed by atoms with Gasteiger partial charge in [0, 0.05) is 5.39 Å². The molecule has 178 valence electrons. The molecule has 2 aromatic carbocycles. The Morgan fingerprint density at radius 3 is 2.42 bits per heavy atom. The van der Waals surface area contributed by atoms with E-state index in [1.165, 1.54) is 37.9 Å². The van der Waals surface area contributed by atoms with Gasteiger partial charge in [0.05, 0.1) is 19.3 Å². The molecule has 0 amide bonds. The smallest absolute Gasteiger partial charge is 0.193 e. The summed E-state index contributed by atoms with van der Waals surface area (Å²) in [7, 11) is 1.65. The van der Waals surface area contributed by atoms with E-state index in [0.717, 1.165) is 41.8 Å². The van der Waals surface area contributed by atoms with Crippen molar-refractivity contribution in [1.82, 2.24) is 4.90 Å². The van der Waals surface area contributed by atoms with E-state index in [1.807, 2.05) is 36.4 Å². The Bertz CT molecular complexity index is 991. The molecule has 0 aliphatic heterocycles. The number of nitrogens with two attached hydrogens (primary N) is 1. The summed E-state index contributed by atoms with van der Waals surface area (Å²) in [5.74, 6) is 1.41. The van der Waals surface area contributed by atoms with Crippen LogP contribution in [0.5, 0.6) is 5.75 Å². The number of aryl methyl sites for hydroxylation is 1. The highest BCUT2D eigenvalue weighted by Crippen LogP contribution is 2.32. The van der Waals surface area contributed by atoms with Crippen molar-refractivity contribution in [2.24, 2.45) is 5.73 Å². The molecule has 6 nitrogen and oxygen atoms in total. The molecule has 33 heavy (non-hydrogen) atoms. The second kappa shape index (κ2) is 12.3. The van der Waals surface area contributed by atoms with E-state index >= 15 is 0 Å². The number of benzene rings is 2. The maximum Gasteiger partial charge on any atom is 0.193 e. The number of fused-ring (bicyclic) bond motifs is 1. The van der Waals surface area contributed by atoms with E-state index < -0.39 is 0 Å². The van der Waals surface area contributed by atoms with Gasteiger partial charge in [-0.05, 0) is 81.6 Å². The van der Waals surface area contributed by atoms with E-state index in [2.05, 4.69) is 30.9 Å². The third-order valence-electron chi connectivity index (χ3n) is 5.88. The highest BCUT2D eigenvalue weighted by atomic mass is 16.5. The van der Waals surface area contributed by atoms with Gasteiger partial charge in [0.2, 0.25) is 0 Å². The Morgan fingerprint density at radius 1 is 1.00 bits per heavy atom. The van der Waals surface area contributed by atoms with Gasteiger partial charge < -0.3 is 24.7 Å². The number of rotatable bonds is 13. The number of guanidine groups is 1. The Morgan fingerprint density at radius 2 is 1.76 bits per heavy atom. The molecule has 0 bridgehead atoms. The standard InChI is InChI=1S/C27H38N4O2/c1-4-15-30(16-5-2)17-9-8-10-21-13-14-26(32-3)24(18-21)31(27(28)29)20-23-19-22-11-6-7-12-25(22)33-23/h6-7,11-14,18-19H,4-5,8-10,15-17,20H2,1-3H3,(H3,28,29). The lowest BCUT2D eigenvalue weighted by Gasteiger charge is -2.24. The molecule has 1 heterocycles. The number of furan rings is 1. The molecule has 0 spiro atoms. The van der Waals surface area contributed by atoms with Crippen molar-refractivity contribution < 1.29 is 9.15 Å². The zero-order valence-corrected chi connectivity index (χ0v) is 20.3. The SMILES string of the molecule is CCCN(CCC)CCCCc1ccc(OC)c(N(Cc2cc3ccccc3o2)C(=N)N)c1. The van der Waals surface area contributed by atoms with E-state index in [1.54, 1.807) is 12.0 Å². The molecule has 3 N–H and O–H groups in total. The summed E-state index contributed by atoms with van der Waals surface area (Å²) in [6.45, 7) is 8.36. The Hall–Kier alpha value is -2.99. The summed E-state index contributed by atoms with van der Waals surface area (Å²) in [5.41, 5.74) is 8.85. The predicted molar refractivity (Wildman–Crippen MR) is 137 cm³/mol. The highest BCUT2D eigenvalue weighted by molar-refractivity contribution is 5.94. The Balaban J connectivity index is 1.71.